The van der Waals surface area contributed by atoms with E-state index in [4.69, 9.17) is 0 Å². The Morgan fingerprint density at radius 1 is 0.727 bits per heavy atom. The molecule has 0 saturated carbocycles. The molecule has 0 atom stereocenters. The number of rotatable bonds is 4. The number of para-hydroxylation sites is 1. The van der Waals surface area contributed by atoms with Gasteiger partial charge in [0.2, 0.25) is 0 Å². The van der Waals surface area contributed by atoms with E-state index in [1.807, 2.05) is 60.8 Å². The molecule has 4 nitrogen and oxygen atoms in total. The van der Waals surface area contributed by atoms with E-state index in [0.717, 1.165) is 49.6 Å². The van der Waals surface area contributed by atoms with Gasteiger partial charge in [0.1, 0.15) is 0 Å². The monoisotopic (exact) mass is 452 g/mol. The topological polar surface area (TPSA) is 59.9 Å². The first kappa shape index (κ1) is 21.3. The average molecular weight is 453 g/mol. The van der Waals surface area contributed by atoms with Crippen LogP contribution in [-0.2, 0) is 14.6 Å². The van der Waals surface area contributed by atoms with Crippen LogP contribution in [0.25, 0.3) is 44.1 Å². The van der Waals surface area contributed by atoms with Crippen molar-refractivity contribution < 1.29 is 8.42 Å². The molecule has 2 heterocycles. The van der Waals surface area contributed by atoms with Gasteiger partial charge >= 0.3 is 0 Å². The number of hydrogen-bond acceptors (Lipinski definition) is 4. The summed E-state index contributed by atoms with van der Waals surface area (Å²) >= 11 is 0. The van der Waals surface area contributed by atoms with Crippen LogP contribution in [0, 0.1) is 0 Å². The Kier molecular flexibility index (Phi) is 5.02. The maximum Gasteiger partial charge on any atom is 0.156 e. The van der Waals surface area contributed by atoms with Crippen molar-refractivity contribution in [3.05, 3.63) is 96.8 Å². The number of pyridine rings is 2. The van der Waals surface area contributed by atoms with Gasteiger partial charge in [-0.2, -0.15) is 0 Å². The predicted octanol–water partition coefficient (Wildman–Crippen LogP) is 6.40. The number of benzene rings is 3. The van der Waals surface area contributed by atoms with Crippen LogP contribution < -0.4 is 0 Å². The number of nitrogens with zero attached hydrogens (tertiary/aromatic N) is 2. The normalized spacial score (nSPS) is 12.3. The van der Waals surface area contributed by atoms with Crippen molar-refractivity contribution in [1.29, 1.82) is 0 Å². The Morgan fingerprint density at radius 3 is 2.30 bits per heavy atom. The molecule has 0 N–H and O–H groups in total. The molecule has 5 rings (SSSR count). The van der Waals surface area contributed by atoms with Crippen molar-refractivity contribution in [2.24, 2.45) is 0 Å². The van der Waals surface area contributed by atoms with E-state index in [0.29, 0.717) is 0 Å². The van der Waals surface area contributed by atoms with Crippen LogP contribution in [0.2, 0.25) is 0 Å². The van der Waals surface area contributed by atoms with Crippen molar-refractivity contribution >= 4 is 31.6 Å². The third-order valence-corrected chi connectivity index (χ3v) is 8.51. The highest BCUT2D eigenvalue weighted by Gasteiger charge is 2.33. The summed E-state index contributed by atoms with van der Waals surface area (Å²) in [6, 6.07) is 26.2. The molecule has 0 amide bonds. The first-order valence-electron chi connectivity index (χ1n) is 10.8. The van der Waals surface area contributed by atoms with Gasteiger partial charge in [0, 0.05) is 40.5 Å². The van der Waals surface area contributed by atoms with Crippen LogP contribution >= 0.6 is 0 Å². The fourth-order valence-corrected chi connectivity index (χ4v) is 4.62. The minimum Gasteiger partial charge on any atom is -0.256 e. The van der Waals surface area contributed by atoms with Crippen molar-refractivity contribution in [1.82, 2.24) is 9.97 Å². The van der Waals surface area contributed by atoms with E-state index < -0.39 is 14.6 Å². The van der Waals surface area contributed by atoms with Crippen molar-refractivity contribution in [3.63, 3.8) is 0 Å². The molecule has 0 radical (unpaired) electrons. The van der Waals surface area contributed by atoms with Gasteiger partial charge in [-0.05, 0) is 66.9 Å². The molecule has 33 heavy (non-hydrogen) atoms. The van der Waals surface area contributed by atoms with Gasteiger partial charge in [0.05, 0.1) is 15.8 Å². The smallest absolute Gasteiger partial charge is 0.156 e. The van der Waals surface area contributed by atoms with E-state index in [1.54, 1.807) is 20.0 Å². The molecule has 0 spiro atoms. The zero-order valence-corrected chi connectivity index (χ0v) is 19.6. The van der Waals surface area contributed by atoms with Crippen LogP contribution in [0.15, 0.2) is 91.3 Å². The molecule has 0 aliphatic carbocycles. The summed E-state index contributed by atoms with van der Waals surface area (Å²) in [4.78, 5) is 9.23. The molecule has 0 aliphatic rings. The van der Waals surface area contributed by atoms with Crippen LogP contribution in [0.5, 0.6) is 0 Å². The first-order chi connectivity index (χ1) is 15.7. The molecule has 0 aliphatic heterocycles. The Morgan fingerprint density at radius 2 is 1.48 bits per heavy atom. The third-order valence-electron chi connectivity index (χ3n) is 6.42. The van der Waals surface area contributed by atoms with Crippen LogP contribution in [0.3, 0.4) is 0 Å². The molecule has 5 heteroatoms. The second-order valence-corrected chi connectivity index (χ2v) is 11.4. The molecule has 164 valence electrons. The summed E-state index contributed by atoms with van der Waals surface area (Å²) in [5.74, 6) is 0. The quantitative estimate of drug-likeness (QED) is 0.317. The summed E-state index contributed by atoms with van der Waals surface area (Å²) < 4.78 is 24.1. The summed E-state index contributed by atoms with van der Waals surface area (Å²) in [5, 5.41) is 2.00. The largest absolute Gasteiger partial charge is 0.256 e. The second-order valence-electron chi connectivity index (χ2n) is 8.88. The van der Waals surface area contributed by atoms with Crippen LogP contribution in [0.1, 0.15) is 19.4 Å². The van der Waals surface area contributed by atoms with Crippen LogP contribution in [-0.4, -0.2) is 24.6 Å². The third kappa shape index (κ3) is 3.79. The number of fused-ring (bicyclic) bond motifs is 2. The highest BCUT2D eigenvalue weighted by molar-refractivity contribution is 7.91. The number of aromatic nitrogens is 2. The lowest BCUT2D eigenvalue weighted by Gasteiger charge is -2.24. The van der Waals surface area contributed by atoms with E-state index in [2.05, 4.69) is 34.2 Å². The van der Waals surface area contributed by atoms with Gasteiger partial charge in [-0.1, -0.05) is 42.5 Å². The lowest BCUT2D eigenvalue weighted by atomic mass is 9.92. The van der Waals surface area contributed by atoms with Gasteiger partial charge in [-0.15, -0.1) is 0 Å². The number of hydrogen-bond donors (Lipinski definition) is 0. The number of sulfone groups is 1. The van der Waals surface area contributed by atoms with E-state index in [9.17, 15) is 8.42 Å². The molecule has 0 unspecified atom stereocenters. The lowest BCUT2D eigenvalue weighted by molar-refractivity contribution is 0.561. The van der Waals surface area contributed by atoms with Gasteiger partial charge in [-0.25, -0.2) is 8.42 Å². The summed E-state index contributed by atoms with van der Waals surface area (Å²) in [5.41, 5.74) is 6.52. The average Bonchev–Trinajstić information content (AvgIpc) is 2.82. The minimum absolute atomic E-state index is 0.748. The van der Waals surface area contributed by atoms with E-state index in [1.165, 1.54) is 6.26 Å². The van der Waals surface area contributed by atoms with Gasteiger partial charge in [0.15, 0.2) is 9.84 Å². The molecular formula is C28H24N2O2S. The van der Waals surface area contributed by atoms with Crippen molar-refractivity contribution in [3.8, 4) is 22.3 Å². The summed E-state index contributed by atoms with van der Waals surface area (Å²) in [6.07, 6.45) is 4.94. The van der Waals surface area contributed by atoms with Gasteiger partial charge < -0.3 is 0 Å². The zero-order valence-electron chi connectivity index (χ0n) is 18.8. The van der Waals surface area contributed by atoms with Crippen molar-refractivity contribution in [2.45, 2.75) is 18.6 Å². The fraction of sp³-hybridized carbons (Fsp3) is 0.143. The highest BCUT2D eigenvalue weighted by atomic mass is 32.2. The fourth-order valence-electron chi connectivity index (χ4n) is 4.07. The molecule has 2 aromatic heterocycles. The molecule has 0 saturated heterocycles. The Bertz CT molecular complexity index is 1620. The van der Waals surface area contributed by atoms with E-state index >= 15 is 0 Å². The lowest BCUT2D eigenvalue weighted by Crippen LogP contribution is -2.28. The summed E-state index contributed by atoms with van der Waals surface area (Å²) in [7, 11) is -3.32. The standard InChI is InChI=1S/C28H24N2O2S/c1-28(2,33(3,31)32)24-16-22-11-7-13-29-27(22)25(17-24)20-10-6-9-19(14-20)23-15-21-8-4-5-12-26(21)30-18-23/h4-18H,1-3H3. The highest BCUT2D eigenvalue weighted by Crippen LogP contribution is 2.37. The molecule has 3 aromatic carbocycles. The predicted molar refractivity (Wildman–Crippen MR) is 136 cm³/mol. The molecule has 5 aromatic rings. The Hall–Kier alpha value is -3.57. The van der Waals surface area contributed by atoms with Crippen LogP contribution in [0.4, 0.5) is 0 Å². The second kappa shape index (κ2) is 7.78. The molecule has 0 bridgehead atoms. The molecule has 0 fully saturated rings. The van der Waals surface area contributed by atoms with E-state index in [-0.39, 0.29) is 0 Å². The maximum absolute atomic E-state index is 12.6. The SMILES string of the molecule is CC(C)(c1cc(-c2cccc(-c3cnc4ccccc4c3)c2)c2ncccc2c1)S(C)(=O)=O. The first-order valence-corrected chi connectivity index (χ1v) is 12.7. The Balaban J connectivity index is 1.71. The minimum atomic E-state index is -3.32. The molecular weight excluding hydrogens is 428 g/mol. The maximum atomic E-state index is 12.6. The zero-order chi connectivity index (χ0) is 23.2. The summed E-state index contributed by atoms with van der Waals surface area (Å²) in [6.45, 7) is 3.50. The Labute approximate surface area is 193 Å². The van der Waals surface area contributed by atoms with Crippen molar-refractivity contribution in [2.75, 3.05) is 6.26 Å². The van der Waals surface area contributed by atoms with Gasteiger partial charge in [0.25, 0.3) is 0 Å². The van der Waals surface area contributed by atoms with Gasteiger partial charge in [-0.3, -0.25) is 9.97 Å².